The first kappa shape index (κ1) is 12.3. The number of likely N-dealkylation sites (tertiary alicyclic amines) is 1. The Hall–Kier alpha value is -0.120. The average Bonchev–Trinajstić information content (AvgIpc) is 2.33. The molecule has 94 valence electrons. The Balaban J connectivity index is 1.76. The Morgan fingerprint density at radius 1 is 1.25 bits per heavy atom. The highest BCUT2D eigenvalue weighted by atomic mass is 16.5. The summed E-state index contributed by atoms with van der Waals surface area (Å²) in [6, 6.07) is 1.43. The van der Waals surface area contributed by atoms with Crippen molar-refractivity contribution in [3.63, 3.8) is 0 Å². The van der Waals surface area contributed by atoms with Crippen LogP contribution in [0.1, 0.15) is 33.1 Å². The molecule has 2 aliphatic heterocycles. The third kappa shape index (κ3) is 3.19. The van der Waals surface area contributed by atoms with Gasteiger partial charge in [0, 0.05) is 31.8 Å². The lowest BCUT2D eigenvalue weighted by atomic mass is 9.92. The van der Waals surface area contributed by atoms with Crippen molar-refractivity contribution in [2.45, 2.75) is 45.2 Å². The van der Waals surface area contributed by atoms with Crippen LogP contribution in [0.5, 0.6) is 0 Å². The van der Waals surface area contributed by atoms with Gasteiger partial charge in [-0.1, -0.05) is 13.8 Å². The molecule has 1 N–H and O–H groups in total. The molecular formula is C13H26N2O. The van der Waals surface area contributed by atoms with E-state index >= 15 is 0 Å². The van der Waals surface area contributed by atoms with Crippen molar-refractivity contribution >= 4 is 0 Å². The zero-order chi connectivity index (χ0) is 11.4. The fourth-order valence-corrected chi connectivity index (χ4v) is 2.93. The van der Waals surface area contributed by atoms with Gasteiger partial charge in [0.25, 0.3) is 0 Å². The van der Waals surface area contributed by atoms with E-state index in [4.69, 9.17) is 4.74 Å². The topological polar surface area (TPSA) is 24.5 Å². The summed E-state index contributed by atoms with van der Waals surface area (Å²) >= 11 is 0. The van der Waals surface area contributed by atoms with E-state index in [0.29, 0.717) is 6.04 Å². The molecule has 2 heterocycles. The summed E-state index contributed by atoms with van der Waals surface area (Å²) in [4.78, 5) is 2.56. The number of rotatable bonds is 3. The summed E-state index contributed by atoms with van der Waals surface area (Å²) in [5, 5.41) is 3.85. The summed E-state index contributed by atoms with van der Waals surface area (Å²) in [6.45, 7) is 10.3. The van der Waals surface area contributed by atoms with Crippen LogP contribution in [0.15, 0.2) is 0 Å². The van der Waals surface area contributed by atoms with Gasteiger partial charge in [-0.3, -0.25) is 0 Å². The average molecular weight is 226 g/mol. The predicted octanol–water partition coefficient (Wildman–Crippen LogP) is 1.49. The minimum Gasteiger partial charge on any atom is -0.381 e. The van der Waals surface area contributed by atoms with E-state index in [1.165, 1.54) is 38.9 Å². The van der Waals surface area contributed by atoms with Crippen molar-refractivity contribution in [3.05, 3.63) is 0 Å². The molecule has 2 unspecified atom stereocenters. The Labute approximate surface area is 99.5 Å². The smallest absolute Gasteiger partial charge is 0.0480 e. The fraction of sp³-hybridized carbons (Fsp3) is 1.00. The fourth-order valence-electron chi connectivity index (χ4n) is 2.93. The normalized spacial score (nSPS) is 34.1. The van der Waals surface area contributed by atoms with Crippen LogP contribution in [0.2, 0.25) is 0 Å². The van der Waals surface area contributed by atoms with Gasteiger partial charge >= 0.3 is 0 Å². The second-order valence-corrected chi connectivity index (χ2v) is 5.32. The van der Waals surface area contributed by atoms with Gasteiger partial charge in [0.05, 0.1) is 0 Å². The summed E-state index contributed by atoms with van der Waals surface area (Å²) in [7, 11) is 0. The number of hydrogen-bond donors (Lipinski definition) is 1. The molecule has 0 aliphatic carbocycles. The minimum atomic E-state index is 0.703. The second-order valence-electron chi connectivity index (χ2n) is 5.32. The SMILES string of the molecule is CCN1CCC(NC2CCOCC2)C(C)C1. The van der Waals surface area contributed by atoms with E-state index in [2.05, 4.69) is 24.1 Å². The maximum atomic E-state index is 5.40. The lowest BCUT2D eigenvalue weighted by Crippen LogP contribution is -2.52. The molecule has 2 fully saturated rings. The van der Waals surface area contributed by atoms with Crippen molar-refractivity contribution in [1.29, 1.82) is 0 Å². The van der Waals surface area contributed by atoms with Crippen LogP contribution in [0.25, 0.3) is 0 Å². The van der Waals surface area contributed by atoms with Gasteiger partial charge in [-0.15, -0.1) is 0 Å². The lowest BCUT2D eigenvalue weighted by molar-refractivity contribution is 0.0647. The molecule has 0 aromatic heterocycles. The maximum Gasteiger partial charge on any atom is 0.0480 e. The van der Waals surface area contributed by atoms with Crippen LogP contribution in [0.4, 0.5) is 0 Å². The lowest BCUT2D eigenvalue weighted by Gasteiger charge is -2.39. The van der Waals surface area contributed by atoms with Gasteiger partial charge in [0.2, 0.25) is 0 Å². The third-order valence-electron chi connectivity index (χ3n) is 4.11. The number of ether oxygens (including phenoxy) is 1. The van der Waals surface area contributed by atoms with Crippen LogP contribution in [0.3, 0.4) is 0 Å². The van der Waals surface area contributed by atoms with Crippen molar-refractivity contribution in [2.24, 2.45) is 5.92 Å². The van der Waals surface area contributed by atoms with E-state index in [9.17, 15) is 0 Å². The first-order valence-electron chi connectivity index (χ1n) is 6.85. The molecule has 0 spiro atoms. The second kappa shape index (κ2) is 5.99. The molecule has 0 radical (unpaired) electrons. The van der Waals surface area contributed by atoms with E-state index < -0.39 is 0 Å². The molecular weight excluding hydrogens is 200 g/mol. The Morgan fingerprint density at radius 3 is 2.62 bits per heavy atom. The molecule has 3 heteroatoms. The van der Waals surface area contributed by atoms with Crippen molar-refractivity contribution in [2.75, 3.05) is 32.8 Å². The maximum absolute atomic E-state index is 5.40. The molecule has 2 aliphatic rings. The zero-order valence-corrected chi connectivity index (χ0v) is 10.7. The number of piperidine rings is 1. The molecule has 0 amide bonds. The summed E-state index contributed by atoms with van der Waals surface area (Å²) < 4.78 is 5.40. The van der Waals surface area contributed by atoms with Crippen LogP contribution in [0, 0.1) is 5.92 Å². The quantitative estimate of drug-likeness (QED) is 0.789. The number of nitrogens with one attached hydrogen (secondary N) is 1. The molecule has 3 nitrogen and oxygen atoms in total. The van der Waals surface area contributed by atoms with E-state index in [1.807, 2.05) is 0 Å². The Bertz CT molecular complexity index is 204. The highest BCUT2D eigenvalue weighted by Crippen LogP contribution is 2.18. The van der Waals surface area contributed by atoms with Gasteiger partial charge in [0.15, 0.2) is 0 Å². The summed E-state index contributed by atoms with van der Waals surface area (Å²) in [6.07, 6.45) is 3.70. The molecule has 0 bridgehead atoms. The number of nitrogens with zero attached hydrogens (tertiary/aromatic N) is 1. The summed E-state index contributed by atoms with van der Waals surface area (Å²) in [5.41, 5.74) is 0. The van der Waals surface area contributed by atoms with Crippen LogP contribution < -0.4 is 5.32 Å². The molecule has 2 saturated heterocycles. The molecule has 0 aromatic carbocycles. The Morgan fingerprint density at radius 2 is 2.00 bits per heavy atom. The molecule has 0 aromatic rings. The first-order valence-corrected chi connectivity index (χ1v) is 6.85. The van der Waals surface area contributed by atoms with E-state index in [0.717, 1.165) is 25.2 Å². The van der Waals surface area contributed by atoms with E-state index in [1.54, 1.807) is 0 Å². The van der Waals surface area contributed by atoms with Crippen molar-refractivity contribution in [1.82, 2.24) is 10.2 Å². The molecule has 0 saturated carbocycles. The monoisotopic (exact) mass is 226 g/mol. The molecule has 2 rings (SSSR count). The van der Waals surface area contributed by atoms with Gasteiger partial charge in [-0.2, -0.15) is 0 Å². The predicted molar refractivity (Wildman–Crippen MR) is 66.7 cm³/mol. The first-order chi connectivity index (χ1) is 7.79. The van der Waals surface area contributed by atoms with Crippen LogP contribution in [-0.2, 0) is 4.74 Å². The highest BCUT2D eigenvalue weighted by molar-refractivity contribution is 4.85. The van der Waals surface area contributed by atoms with Crippen molar-refractivity contribution in [3.8, 4) is 0 Å². The number of hydrogen-bond acceptors (Lipinski definition) is 3. The standard InChI is InChI=1S/C13H26N2O/c1-3-15-7-4-13(11(2)10-15)14-12-5-8-16-9-6-12/h11-14H,3-10H2,1-2H3. The van der Waals surface area contributed by atoms with Gasteiger partial charge in [-0.25, -0.2) is 0 Å². The zero-order valence-electron chi connectivity index (χ0n) is 10.7. The molecule has 16 heavy (non-hydrogen) atoms. The highest BCUT2D eigenvalue weighted by Gasteiger charge is 2.27. The minimum absolute atomic E-state index is 0.703. The largest absolute Gasteiger partial charge is 0.381 e. The van der Waals surface area contributed by atoms with Crippen LogP contribution >= 0.6 is 0 Å². The Kier molecular flexibility index (Phi) is 4.62. The molecule has 2 atom stereocenters. The van der Waals surface area contributed by atoms with Crippen LogP contribution in [-0.4, -0.2) is 49.8 Å². The van der Waals surface area contributed by atoms with Gasteiger partial charge in [-0.05, 0) is 38.3 Å². The van der Waals surface area contributed by atoms with Crippen molar-refractivity contribution < 1.29 is 4.74 Å². The third-order valence-corrected chi connectivity index (χ3v) is 4.11. The van der Waals surface area contributed by atoms with E-state index in [-0.39, 0.29) is 0 Å². The van der Waals surface area contributed by atoms with Gasteiger partial charge in [0.1, 0.15) is 0 Å². The van der Waals surface area contributed by atoms with Gasteiger partial charge < -0.3 is 15.0 Å². The summed E-state index contributed by atoms with van der Waals surface area (Å²) in [5.74, 6) is 0.788.